The fourth-order valence-electron chi connectivity index (χ4n) is 1.71. The molecular formula is C12H21NO5. The molecule has 6 nitrogen and oxygen atoms in total. The molecule has 0 saturated carbocycles. The average molecular weight is 259 g/mol. The van der Waals surface area contributed by atoms with E-state index >= 15 is 0 Å². The van der Waals surface area contributed by atoms with Crippen molar-refractivity contribution in [1.29, 1.82) is 0 Å². The molecule has 1 heterocycles. The zero-order valence-electron chi connectivity index (χ0n) is 11.4. The van der Waals surface area contributed by atoms with Crippen molar-refractivity contribution in [1.82, 2.24) is 5.32 Å². The fraction of sp³-hybridized carbons (Fsp3) is 0.833. The van der Waals surface area contributed by atoms with Crippen molar-refractivity contribution in [2.45, 2.75) is 58.5 Å². The molecule has 0 radical (unpaired) electrons. The van der Waals surface area contributed by atoms with Crippen molar-refractivity contribution in [2.75, 3.05) is 0 Å². The Morgan fingerprint density at radius 2 is 2.06 bits per heavy atom. The molecule has 1 saturated heterocycles. The van der Waals surface area contributed by atoms with E-state index in [-0.39, 0.29) is 0 Å². The second-order valence-electron chi connectivity index (χ2n) is 5.62. The van der Waals surface area contributed by atoms with Crippen molar-refractivity contribution >= 4 is 12.1 Å². The largest absolute Gasteiger partial charge is 0.457 e. The van der Waals surface area contributed by atoms with Gasteiger partial charge in [0.25, 0.3) is 0 Å². The summed E-state index contributed by atoms with van der Waals surface area (Å²) in [4.78, 5) is 22.8. The molecule has 1 rings (SSSR count). The Bertz CT molecular complexity index is 336. The van der Waals surface area contributed by atoms with Crippen LogP contribution in [0.15, 0.2) is 0 Å². The molecule has 0 aromatic rings. The number of hydrogen-bond acceptors (Lipinski definition) is 5. The summed E-state index contributed by atoms with van der Waals surface area (Å²) >= 11 is 0. The molecule has 18 heavy (non-hydrogen) atoms. The van der Waals surface area contributed by atoms with Gasteiger partial charge in [-0.3, -0.25) is 4.79 Å². The lowest BCUT2D eigenvalue weighted by Gasteiger charge is -2.25. The number of hydrogen-bond donors (Lipinski definition) is 2. The first kappa shape index (κ1) is 14.8. The van der Waals surface area contributed by atoms with Crippen molar-refractivity contribution in [3.63, 3.8) is 0 Å². The van der Waals surface area contributed by atoms with Crippen LogP contribution in [0.3, 0.4) is 0 Å². The number of carbonyl (C=O) groups is 2. The van der Waals surface area contributed by atoms with Crippen LogP contribution in [0.2, 0.25) is 0 Å². The van der Waals surface area contributed by atoms with E-state index in [9.17, 15) is 14.7 Å². The summed E-state index contributed by atoms with van der Waals surface area (Å²) in [6, 6.07) is -0.510. The van der Waals surface area contributed by atoms with Gasteiger partial charge in [-0.05, 0) is 34.6 Å². The zero-order valence-corrected chi connectivity index (χ0v) is 11.4. The minimum absolute atomic E-state index is 0.453. The van der Waals surface area contributed by atoms with Crippen molar-refractivity contribution in [2.24, 2.45) is 5.92 Å². The lowest BCUT2D eigenvalue weighted by atomic mass is 10.00. The number of aliphatic hydroxyl groups is 1. The maximum Gasteiger partial charge on any atom is 0.407 e. The van der Waals surface area contributed by atoms with Crippen LogP contribution in [-0.4, -0.2) is 41.0 Å². The standard InChI is InChI=1S/C12H21NO5/c1-6-8(14)9(17-10(6)15)7(2)13-11(16)18-12(3,4)5/h6-9,14H,1-5H3,(H,13,16)/t6-,7+,8-,9-/m1/s1. The van der Waals surface area contributed by atoms with Crippen molar-refractivity contribution in [3.8, 4) is 0 Å². The summed E-state index contributed by atoms with van der Waals surface area (Å²) in [6.07, 6.45) is -2.25. The van der Waals surface area contributed by atoms with Crippen LogP contribution in [0.25, 0.3) is 0 Å². The normalized spacial score (nSPS) is 29.7. The number of aliphatic hydroxyl groups excluding tert-OH is 1. The van der Waals surface area contributed by atoms with Crippen LogP contribution in [-0.2, 0) is 14.3 Å². The van der Waals surface area contributed by atoms with Crippen LogP contribution in [0.5, 0.6) is 0 Å². The van der Waals surface area contributed by atoms with Gasteiger partial charge >= 0.3 is 12.1 Å². The molecule has 4 atom stereocenters. The highest BCUT2D eigenvalue weighted by molar-refractivity contribution is 5.75. The Balaban J connectivity index is 2.54. The molecule has 0 aromatic heterocycles. The summed E-state index contributed by atoms with van der Waals surface area (Å²) in [6.45, 7) is 8.51. The molecular weight excluding hydrogens is 238 g/mol. The summed E-state index contributed by atoms with van der Waals surface area (Å²) in [5.41, 5.74) is -0.595. The molecule has 0 aliphatic carbocycles. The van der Waals surface area contributed by atoms with Crippen LogP contribution in [0.4, 0.5) is 4.79 Å². The van der Waals surface area contributed by atoms with Crippen molar-refractivity contribution < 1.29 is 24.2 Å². The second-order valence-corrected chi connectivity index (χ2v) is 5.62. The van der Waals surface area contributed by atoms with Gasteiger partial charge in [0.1, 0.15) is 17.8 Å². The van der Waals surface area contributed by atoms with Gasteiger partial charge in [-0.1, -0.05) is 0 Å². The molecule has 0 spiro atoms. The number of alkyl carbamates (subject to hydrolysis) is 1. The Labute approximate surface area is 107 Å². The molecule has 1 amide bonds. The summed E-state index contributed by atoms with van der Waals surface area (Å²) in [7, 11) is 0. The first-order valence-electron chi connectivity index (χ1n) is 6.00. The van der Waals surface area contributed by atoms with Gasteiger partial charge in [0.15, 0.2) is 0 Å². The third-order valence-corrected chi connectivity index (χ3v) is 2.71. The van der Waals surface area contributed by atoms with Gasteiger partial charge in [-0.2, -0.15) is 0 Å². The molecule has 1 fully saturated rings. The highest BCUT2D eigenvalue weighted by Crippen LogP contribution is 2.23. The summed E-state index contributed by atoms with van der Waals surface area (Å²) in [5, 5.41) is 12.4. The second kappa shape index (κ2) is 5.14. The van der Waals surface area contributed by atoms with E-state index in [0.29, 0.717) is 0 Å². The summed E-state index contributed by atoms with van der Waals surface area (Å²) in [5.74, 6) is -1.02. The molecule has 6 heteroatoms. The van der Waals surface area contributed by atoms with Crippen LogP contribution in [0.1, 0.15) is 34.6 Å². The molecule has 104 valence electrons. The van der Waals surface area contributed by atoms with E-state index < -0.39 is 41.8 Å². The minimum atomic E-state index is -0.914. The maximum absolute atomic E-state index is 11.5. The van der Waals surface area contributed by atoms with E-state index in [1.165, 1.54) is 0 Å². The summed E-state index contributed by atoms with van der Waals surface area (Å²) < 4.78 is 10.1. The SMILES string of the molecule is C[C@H](NC(=O)OC(C)(C)C)[C@H]1OC(=O)[C@H](C)[C@H]1O. The van der Waals surface area contributed by atoms with Gasteiger partial charge in [-0.15, -0.1) is 0 Å². The van der Waals surface area contributed by atoms with Crippen molar-refractivity contribution in [3.05, 3.63) is 0 Å². The van der Waals surface area contributed by atoms with E-state index in [2.05, 4.69) is 5.32 Å². The molecule has 1 aliphatic rings. The number of amides is 1. The molecule has 2 N–H and O–H groups in total. The van der Waals surface area contributed by atoms with E-state index in [1.54, 1.807) is 34.6 Å². The Hall–Kier alpha value is -1.30. The number of esters is 1. The van der Waals surface area contributed by atoms with E-state index in [4.69, 9.17) is 9.47 Å². The Morgan fingerprint density at radius 3 is 2.44 bits per heavy atom. The van der Waals surface area contributed by atoms with Gasteiger partial charge in [0.2, 0.25) is 0 Å². The predicted molar refractivity (Wildman–Crippen MR) is 63.9 cm³/mol. The molecule has 0 aromatic carbocycles. The van der Waals surface area contributed by atoms with Crippen LogP contribution >= 0.6 is 0 Å². The minimum Gasteiger partial charge on any atom is -0.457 e. The Kier molecular flexibility index (Phi) is 4.21. The Morgan fingerprint density at radius 1 is 1.50 bits per heavy atom. The fourth-order valence-corrected chi connectivity index (χ4v) is 1.71. The molecule has 1 aliphatic heterocycles. The number of nitrogens with one attached hydrogen (secondary N) is 1. The third kappa shape index (κ3) is 3.60. The number of carbonyl (C=O) groups excluding carboxylic acids is 2. The topological polar surface area (TPSA) is 84.9 Å². The van der Waals surface area contributed by atoms with Gasteiger partial charge in [0.05, 0.1) is 12.0 Å². The van der Waals surface area contributed by atoms with Crippen LogP contribution < -0.4 is 5.32 Å². The first-order valence-corrected chi connectivity index (χ1v) is 6.00. The third-order valence-electron chi connectivity index (χ3n) is 2.71. The first-order chi connectivity index (χ1) is 8.11. The van der Waals surface area contributed by atoms with Gasteiger partial charge in [-0.25, -0.2) is 4.79 Å². The van der Waals surface area contributed by atoms with Crippen LogP contribution in [0, 0.1) is 5.92 Å². The smallest absolute Gasteiger partial charge is 0.407 e. The highest BCUT2D eigenvalue weighted by Gasteiger charge is 2.44. The monoisotopic (exact) mass is 259 g/mol. The van der Waals surface area contributed by atoms with Gasteiger partial charge < -0.3 is 19.9 Å². The highest BCUT2D eigenvalue weighted by atomic mass is 16.6. The average Bonchev–Trinajstić information content (AvgIpc) is 2.43. The lowest BCUT2D eigenvalue weighted by Crippen LogP contribution is -2.47. The van der Waals surface area contributed by atoms with E-state index in [0.717, 1.165) is 0 Å². The molecule has 0 bridgehead atoms. The number of rotatable bonds is 2. The maximum atomic E-state index is 11.5. The number of ether oxygens (including phenoxy) is 2. The quantitative estimate of drug-likeness (QED) is 0.717. The number of cyclic esters (lactones) is 1. The zero-order chi connectivity index (χ0) is 14.1. The van der Waals surface area contributed by atoms with Gasteiger partial charge in [0, 0.05) is 0 Å². The lowest BCUT2D eigenvalue weighted by molar-refractivity contribution is -0.144. The van der Waals surface area contributed by atoms with E-state index in [1.807, 2.05) is 0 Å². The molecule has 0 unspecified atom stereocenters. The predicted octanol–water partition coefficient (Wildman–Crippen LogP) is 0.822.